The second-order valence-electron chi connectivity index (χ2n) is 8.28. The predicted octanol–water partition coefficient (Wildman–Crippen LogP) is 3.70. The number of dihydropyridines is 1. The highest BCUT2D eigenvalue weighted by molar-refractivity contribution is 7.10. The molecule has 0 saturated heterocycles. The molecule has 3 atom stereocenters. The molecular weight excluding hydrogens is 470 g/mol. The highest BCUT2D eigenvalue weighted by Gasteiger charge is 2.49. The SMILES string of the molecule is COC(=O)C1=C(C)NC2=C(C(=O)[C@@H](C(=O)OC)[C@@H](c3cccs3)C2)[C@H]1c1cc(OC)ccc1OC. The Balaban J connectivity index is 1.97. The molecule has 0 spiro atoms. The average Bonchev–Trinajstić information content (AvgIpc) is 3.41. The fourth-order valence-corrected chi connectivity index (χ4v) is 5.82. The van der Waals surface area contributed by atoms with Crippen LogP contribution in [0.5, 0.6) is 11.5 Å². The van der Waals surface area contributed by atoms with Crippen LogP contribution < -0.4 is 14.8 Å². The van der Waals surface area contributed by atoms with E-state index in [4.69, 9.17) is 18.9 Å². The third-order valence-corrected chi connectivity index (χ3v) is 7.54. The zero-order chi connectivity index (χ0) is 25.3. The third-order valence-electron chi connectivity index (χ3n) is 6.54. The molecule has 1 aromatic heterocycles. The Kier molecular flexibility index (Phi) is 6.98. The second-order valence-corrected chi connectivity index (χ2v) is 9.26. The van der Waals surface area contributed by atoms with Gasteiger partial charge in [-0.2, -0.15) is 0 Å². The van der Waals surface area contributed by atoms with Crippen molar-refractivity contribution in [3.63, 3.8) is 0 Å². The van der Waals surface area contributed by atoms with Crippen LogP contribution in [0.15, 0.2) is 58.3 Å². The van der Waals surface area contributed by atoms with E-state index in [0.29, 0.717) is 40.5 Å². The summed E-state index contributed by atoms with van der Waals surface area (Å²) in [5, 5.41) is 5.18. The number of Topliss-reactive ketones (excluding diaryl/α,β-unsaturated/α-hetero) is 1. The lowest BCUT2D eigenvalue weighted by Gasteiger charge is -2.39. The molecular formula is C26H27NO7S. The van der Waals surface area contributed by atoms with Crippen LogP contribution in [-0.2, 0) is 23.9 Å². The van der Waals surface area contributed by atoms with Crippen LogP contribution in [0, 0.1) is 5.92 Å². The van der Waals surface area contributed by atoms with E-state index in [1.165, 1.54) is 39.8 Å². The van der Waals surface area contributed by atoms with Gasteiger partial charge in [0.05, 0.1) is 39.9 Å². The monoisotopic (exact) mass is 497 g/mol. The maximum atomic E-state index is 14.1. The van der Waals surface area contributed by atoms with Crippen molar-refractivity contribution >= 4 is 29.1 Å². The molecule has 4 rings (SSSR count). The van der Waals surface area contributed by atoms with E-state index in [1.807, 2.05) is 17.5 Å². The van der Waals surface area contributed by atoms with Crippen LogP contribution in [0.3, 0.4) is 0 Å². The maximum Gasteiger partial charge on any atom is 0.336 e. The van der Waals surface area contributed by atoms with Crippen molar-refractivity contribution in [1.29, 1.82) is 0 Å². The van der Waals surface area contributed by atoms with Crippen molar-refractivity contribution in [3.05, 3.63) is 68.7 Å². The molecule has 1 aliphatic heterocycles. The summed E-state index contributed by atoms with van der Waals surface area (Å²) in [7, 11) is 5.62. The first-order valence-corrected chi connectivity index (χ1v) is 11.9. The van der Waals surface area contributed by atoms with E-state index in [-0.39, 0.29) is 11.5 Å². The van der Waals surface area contributed by atoms with E-state index >= 15 is 0 Å². The van der Waals surface area contributed by atoms with Crippen molar-refractivity contribution in [2.75, 3.05) is 28.4 Å². The summed E-state index contributed by atoms with van der Waals surface area (Å²) in [5.74, 6) is -2.84. The van der Waals surface area contributed by atoms with Gasteiger partial charge in [0.15, 0.2) is 5.78 Å². The number of carbonyl (C=O) groups is 3. The smallest absolute Gasteiger partial charge is 0.336 e. The Bertz CT molecular complexity index is 1230. The largest absolute Gasteiger partial charge is 0.497 e. The number of nitrogens with one attached hydrogen (secondary N) is 1. The lowest BCUT2D eigenvalue weighted by molar-refractivity contribution is -0.149. The highest BCUT2D eigenvalue weighted by atomic mass is 32.1. The lowest BCUT2D eigenvalue weighted by atomic mass is 9.68. The van der Waals surface area contributed by atoms with Gasteiger partial charge in [0.1, 0.15) is 17.4 Å². The molecule has 1 aliphatic carbocycles. The number of ether oxygens (including phenoxy) is 4. The molecule has 0 radical (unpaired) electrons. The molecule has 0 amide bonds. The first-order valence-electron chi connectivity index (χ1n) is 11.0. The number of hydrogen-bond acceptors (Lipinski definition) is 9. The van der Waals surface area contributed by atoms with Gasteiger partial charge in [-0.15, -0.1) is 11.3 Å². The molecule has 2 aliphatic rings. The number of allylic oxidation sites excluding steroid dienone is 3. The van der Waals surface area contributed by atoms with Crippen molar-refractivity contribution in [1.82, 2.24) is 5.32 Å². The van der Waals surface area contributed by atoms with E-state index in [9.17, 15) is 14.4 Å². The lowest BCUT2D eigenvalue weighted by Crippen LogP contribution is -2.43. The Morgan fingerprint density at radius 3 is 2.43 bits per heavy atom. The minimum Gasteiger partial charge on any atom is -0.497 e. The minimum atomic E-state index is -1.05. The van der Waals surface area contributed by atoms with Crippen LogP contribution in [-0.4, -0.2) is 46.2 Å². The van der Waals surface area contributed by atoms with E-state index in [2.05, 4.69) is 5.32 Å². The fourth-order valence-electron chi connectivity index (χ4n) is 4.96. The Hall–Kier alpha value is -3.59. The average molecular weight is 498 g/mol. The number of methoxy groups -OCH3 is 4. The van der Waals surface area contributed by atoms with Gasteiger partial charge in [-0.25, -0.2) is 4.79 Å². The first kappa shape index (κ1) is 24.5. The van der Waals surface area contributed by atoms with E-state index in [0.717, 1.165) is 4.88 Å². The van der Waals surface area contributed by atoms with Crippen molar-refractivity contribution < 1.29 is 33.3 Å². The number of thiophene rings is 1. The molecule has 9 heteroatoms. The van der Waals surface area contributed by atoms with Crippen LogP contribution in [0.1, 0.15) is 35.6 Å². The maximum absolute atomic E-state index is 14.1. The van der Waals surface area contributed by atoms with Crippen LogP contribution in [0.2, 0.25) is 0 Å². The summed E-state index contributed by atoms with van der Waals surface area (Å²) >= 11 is 1.49. The normalized spacial score (nSPS) is 21.7. The van der Waals surface area contributed by atoms with Gasteiger partial charge in [-0.1, -0.05) is 6.07 Å². The summed E-state index contributed by atoms with van der Waals surface area (Å²) < 4.78 is 21.2. The highest BCUT2D eigenvalue weighted by Crippen LogP contribution is 2.50. The Morgan fingerprint density at radius 1 is 1.06 bits per heavy atom. The fraction of sp³-hybridized carbons (Fsp3) is 0.346. The van der Waals surface area contributed by atoms with Gasteiger partial charge in [-0.05, 0) is 43.0 Å². The topological polar surface area (TPSA) is 100 Å². The number of hydrogen-bond donors (Lipinski definition) is 1. The predicted molar refractivity (Wildman–Crippen MR) is 129 cm³/mol. The summed E-state index contributed by atoms with van der Waals surface area (Å²) in [6, 6.07) is 9.00. The van der Waals surface area contributed by atoms with Crippen molar-refractivity contribution in [3.8, 4) is 11.5 Å². The van der Waals surface area contributed by atoms with E-state index in [1.54, 1.807) is 25.1 Å². The number of benzene rings is 1. The summed E-state index contributed by atoms with van der Waals surface area (Å²) in [6.07, 6.45) is 0.399. The molecule has 2 heterocycles. The number of esters is 2. The second kappa shape index (κ2) is 9.95. The summed E-state index contributed by atoms with van der Waals surface area (Å²) in [6.45, 7) is 1.77. The number of rotatable bonds is 6. The van der Waals surface area contributed by atoms with E-state index < -0.39 is 29.6 Å². The quantitative estimate of drug-likeness (QED) is 0.476. The van der Waals surface area contributed by atoms with Gasteiger partial charge < -0.3 is 24.3 Å². The minimum absolute atomic E-state index is 0.268. The molecule has 35 heavy (non-hydrogen) atoms. The molecule has 2 aromatic rings. The van der Waals surface area contributed by atoms with Gasteiger partial charge in [0, 0.05) is 33.3 Å². The molecule has 1 aromatic carbocycles. The van der Waals surface area contributed by atoms with Gasteiger partial charge in [-0.3, -0.25) is 9.59 Å². The summed E-state index contributed by atoms with van der Waals surface area (Å²) in [5.41, 5.74) is 2.38. The first-order chi connectivity index (χ1) is 16.9. The standard InChI is InChI=1S/C26H27NO7S/c1-13-20(25(29)33-4)21(15-11-14(31-2)8-9-18(15)32-3)23-17(27-13)12-16(19-7-6-10-35-19)22(24(23)28)26(30)34-5/h6-11,16,21-22,27H,12H2,1-5H3/t16-,21+,22+/m1/s1. The van der Waals surface area contributed by atoms with Crippen LogP contribution in [0.25, 0.3) is 0 Å². The Labute approximate surface area is 207 Å². The van der Waals surface area contributed by atoms with Gasteiger partial charge in [0.25, 0.3) is 0 Å². The van der Waals surface area contributed by atoms with Crippen LogP contribution >= 0.6 is 11.3 Å². The molecule has 8 nitrogen and oxygen atoms in total. The Morgan fingerprint density at radius 2 is 1.83 bits per heavy atom. The molecule has 0 bridgehead atoms. The molecule has 184 valence electrons. The molecule has 0 fully saturated rings. The molecule has 0 saturated carbocycles. The van der Waals surface area contributed by atoms with Gasteiger partial charge >= 0.3 is 11.9 Å². The van der Waals surface area contributed by atoms with Crippen LogP contribution in [0.4, 0.5) is 0 Å². The van der Waals surface area contributed by atoms with Crippen molar-refractivity contribution in [2.24, 2.45) is 5.92 Å². The molecule has 1 N–H and O–H groups in total. The third kappa shape index (κ3) is 4.20. The number of ketones is 1. The zero-order valence-corrected chi connectivity index (χ0v) is 21.0. The van der Waals surface area contributed by atoms with Gasteiger partial charge in [0.2, 0.25) is 0 Å². The number of carbonyl (C=O) groups excluding carboxylic acids is 3. The zero-order valence-electron chi connectivity index (χ0n) is 20.2. The van der Waals surface area contributed by atoms with Crippen molar-refractivity contribution in [2.45, 2.75) is 25.2 Å². The molecule has 0 unspecified atom stereocenters. The summed E-state index contributed by atoms with van der Waals surface area (Å²) in [4.78, 5) is 41.0.